The topological polar surface area (TPSA) is 72.8 Å². The molecule has 0 radical (unpaired) electrons. The molecule has 0 spiro atoms. The molecule has 0 bridgehead atoms. The number of nitrogens with one attached hydrogen (secondary N) is 1. The van der Waals surface area contributed by atoms with Crippen LogP contribution in [0.5, 0.6) is 0 Å². The first kappa shape index (κ1) is 21.1. The number of aliphatic hydroxyl groups excluding tert-OH is 1. The minimum atomic E-state index is -0.994. The largest absolute Gasteiger partial charge is 0.465 e. The van der Waals surface area contributed by atoms with E-state index in [0.29, 0.717) is 19.0 Å². The van der Waals surface area contributed by atoms with E-state index in [1.807, 2.05) is 62.9 Å². The predicted octanol–water partition coefficient (Wildman–Crippen LogP) is 3.22. The van der Waals surface area contributed by atoms with Crippen LogP contribution in [-0.2, 0) is 6.42 Å². The molecule has 0 aliphatic carbocycles. The summed E-state index contributed by atoms with van der Waals surface area (Å²) in [5, 5.41) is 24.2. The molecule has 146 valence electrons. The monoisotopic (exact) mass is 380 g/mol. The number of rotatable bonds is 7. The number of nitrogens with zero attached hydrogens (tertiary/aromatic N) is 1. The van der Waals surface area contributed by atoms with Crippen molar-refractivity contribution in [3.05, 3.63) is 35.9 Å². The number of aliphatic hydroxyl groups is 1. The lowest BCUT2D eigenvalue weighted by atomic mass is 9.94. The van der Waals surface area contributed by atoms with E-state index in [1.165, 1.54) is 4.90 Å². The maximum Gasteiger partial charge on any atom is 0.408 e. The fourth-order valence-corrected chi connectivity index (χ4v) is 4.61. The smallest absolute Gasteiger partial charge is 0.408 e. The Morgan fingerprint density at radius 2 is 1.88 bits per heavy atom. The van der Waals surface area contributed by atoms with Gasteiger partial charge in [0.15, 0.2) is 0 Å². The molecule has 1 aliphatic rings. The summed E-state index contributed by atoms with van der Waals surface area (Å²) in [5.74, 6) is 2.29. The summed E-state index contributed by atoms with van der Waals surface area (Å²) in [7, 11) is 0. The minimum Gasteiger partial charge on any atom is -0.465 e. The van der Waals surface area contributed by atoms with Crippen molar-refractivity contribution in [1.82, 2.24) is 10.2 Å². The van der Waals surface area contributed by atoms with Crippen molar-refractivity contribution in [3.8, 4) is 0 Å². The van der Waals surface area contributed by atoms with Gasteiger partial charge in [-0.2, -0.15) is 11.8 Å². The molecule has 2 atom stereocenters. The molecule has 1 heterocycles. The number of hydrogen-bond donors (Lipinski definition) is 3. The van der Waals surface area contributed by atoms with Gasteiger partial charge in [0.05, 0.1) is 12.1 Å². The summed E-state index contributed by atoms with van der Waals surface area (Å²) in [5.41, 5.74) is 0.439. The molecule has 1 amide bonds. The van der Waals surface area contributed by atoms with Crippen LogP contribution in [0, 0.1) is 0 Å². The van der Waals surface area contributed by atoms with E-state index in [2.05, 4.69) is 5.32 Å². The Labute approximate surface area is 161 Å². The summed E-state index contributed by atoms with van der Waals surface area (Å²) >= 11 is 1.96. The Hall–Kier alpha value is -1.24. The highest BCUT2D eigenvalue weighted by atomic mass is 32.2. The van der Waals surface area contributed by atoms with E-state index in [-0.39, 0.29) is 0 Å². The van der Waals surface area contributed by atoms with Gasteiger partial charge in [0.25, 0.3) is 0 Å². The minimum absolute atomic E-state index is 0.409. The Morgan fingerprint density at radius 1 is 1.27 bits per heavy atom. The highest BCUT2D eigenvalue weighted by Crippen LogP contribution is 2.23. The second-order valence-electron chi connectivity index (χ2n) is 7.94. The average Bonchev–Trinajstić information content (AvgIpc) is 2.59. The predicted molar refractivity (Wildman–Crippen MR) is 108 cm³/mol. The van der Waals surface area contributed by atoms with Gasteiger partial charge in [0.1, 0.15) is 0 Å². The fraction of sp³-hybridized carbons (Fsp3) is 0.650. The Bertz CT molecular complexity index is 556. The van der Waals surface area contributed by atoms with Crippen molar-refractivity contribution < 1.29 is 15.0 Å². The molecule has 5 nitrogen and oxygen atoms in total. The molecule has 0 saturated carbocycles. The molecule has 0 unspecified atom stereocenters. The van der Waals surface area contributed by atoms with Crippen LogP contribution < -0.4 is 5.32 Å². The van der Waals surface area contributed by atoms with Gasteiger partial charge in [-0.25, -0.2) is 4.79 Å². The van der Waals surface area contributed by atoms with Gasteiger partial charge in [-0.1, -0.05) is 30.3 Å². The summed E-state index contributed by atoms with van der Waals surface area (Å²) in [4.78, 5) is 13.4. The van der Waals surface area contributed by atoms with Gasteiger partial charge in [-0.05, 0) is 57.1 Å². The van der Waals surface area contributed by atoms with E-state index in [4.69, 9.17) is 0 Å². The van der Waals surface area contributed by atoms with E-state index in [0.717, 1.165) is 29.9 Å². The third-order valence-electron chi connectivity index (χ3n) is 4.83. The quantitative estimate of drug-likeness (QED) is 0.677. The highest BCUT2D eigenvalue weighted by molar-refractivity contribution is 7.99. The van der Waals surface area contributed by atoms with Crippen molar-refractivity contribution in [2.24, 2.45) is 0 Å². The van der Waals surface area contributed by atoms with E-state index in [9.17, 15) is 15.0 Å². The standard InChI is InChI=1S/C20H32N2O3S/c1-20(2,3)22(19(24)25)17(13-15-7-5-4-6-8-15)18(23)14-21-16-9-11-26-12-10-16/h4-8,16-18,21,23H,9-14H2,1-3H3,(H,24,25)/t17-,18+/m0/s1. The van der Waals surface area contributed by atoms with Crippen LogP contribution >= 0.6 is 11.8 Å². The first-order valence-electron chi connectivity index (χ1n) is 9.34. The van der Waals surface area contributed by atoms with Crippen LogP contribution in [0.2, 0.25) is 0 Å². The fourth-order valence-electron chi connectivity index (χ4n) is 3.51. The van der Waals surface area contributed by atoms with E-state index in [1.54, 1.807) is 0 Å². The van der Waals surface area contributed by atoms with Gasteiger partial charge in [0.2, 0.25) is 0 Å². The molecular weight excluding hydrogens is 348 g/mol. The van der Waals surface area contributed by atoms with Crippen molar-refractivity contribution >= 4 is 17.9 Å². The number of thioether (sulfide) groups is 1. The van der Waals surface area contributed by atoms with Gasteiger partial charge in [-0.3, -0.25) is 4.90 Å². The molecule has 1 saturated heterocycles. The third kappa shape index (κ3) is 6.18. The zero-order chi connectivity index (χ0) is 19.2. The second kappa shape index (κ2) is 9.62. The molecule has 2 rings (SSSR count). The summed E-state index contributed by atoms with van der Waals surface area (Å²) < 4.78 is 0. The van der Waals surface area contributed by atoms with Crippen molar-refractivity contribution in [2.75, 3.05) is 18.1 Å². The lowest BCUT2D eigenvalue weighted by molar-refractivity contribution is 0.00680. The van der Waals surface area contributed by atoms with Crippen LogP contribution in [0.15, 0.2) is 30.3 Å². The molecule has 1 aromatic carbocycles. The van der Waals surface area contributed by atoms with Gasteiger partial charge in [0, 0.05) is 18.1 Å². The Kier molecular flexibility index (Phi) is 7.80. The number of carbonyl (C=O) groups is 1. The number of amides is 1. The Morgan fingerprint density at radius 3 is 2.42 bits per heavy atom. The third-order valence-corrected chi connectivity index (χ3v) is 5.88. The first-order valence-corrected chi connectivity index (χ1v) is 10.5. The van der Waals surface area contributed by atoms with Crippen LogP contribution in [0.3, 0.4) is 0 Å². The number of benzene rings is 1. The maximum absolute atomic E-state index is 12.0. The lowest BCUT2D eigenvalue weighted by Crippen LogP contribution is -2.58. The average molecular weight is 381 g/mol. The van der Waals surface area contributed by atoms with E-state index >= 15 is 0 Å². The molecule has 26 heavy (non-hydrogen) atoms. The number of hydrogen-bond acceptors (Lipinski definition) is 4. The maximum atomic E-state index is 12.0. The summed E-state index contributed by atoms with van der Waals surface area (Å²) in [6, 6.07) is 9.70. The molecule has 0 aromatic heterocycles. The Balaban J connectivity index is 2.13. The summed E-state index contributed by atoms with van der Waals surface area (Å²) in [6.45, 7) is 6.03. The SMILES string of the molecule is CC(C)(C)N(C(=O)O)[C@@H](Cc1ccccc1)[C@H](O)CNC1CCSCC1. The molecule has 1 fully saturated rings. The lowest BCUT2D eigenvalue weighted by Gasteiger charge is -2.42. The zero-order valence-electron chi connectivity index (χ0n) is 16.0. The van der Waals surface area contributed by atoms with E-state index < -0.39 is 23.8 Å². The van der Waals surface area contributed by atoms with Crippen molar-refractivity contribution in [3.63, 3.8) is 0 Å². The second-order valence-corrected chi connectivity index (χ2v) is 9.17. The summed E-state index contributed by atoms with van der Waals surface area (Å²) in [6.07, 6.45) is 0.936. The normalized spacial score (nSPS) is 18.3. The van der Waals surface area contributed by atoms with Crippen LogP contribution in [0.4, 0.5) is 4.79 Å². The van der Waals surface area contributed by atoms with Crippen molar-refractivity contribution in [1.29, 1.82) is 0 Å². The van der Waals surface area contributed by atoms with Crippen LogP contribution in [0.1, 0.15) is 39.2 Å². The van der Waals surface area contributed by atoms with Crippen LogP contribution in [-0.4, -0.2) is 63.0 Å². The van der Waals surface area contributed by atoms with Gasteiger partial charge < -0.3 is 15.5 Å². The van der Waals surface area contributed by atoms with Gasteiger partial charge in [-0.15, -0.1) is 0 Å². The zero-order valence-corrected chi connectivity index (χ0v) is 16.8. The highest BCUT2D eigenvalue weighted by Gasteiger charge is 2.37. The molecule has 1 aliphatic heterocycles. The first-order chi connectivity index (χ1) is 12.3. The molecule has 3 N–H and O–H groups in total. The number of carboxylic acid groups (broad SMARTS) is 1. The molecule has 6 heteroatoms. The van der Waals surface area contributed by atoms with Gasteiger partial charge >= 0.3 is 6.09 Å². The molecular formula is C20H32N2O3S. The molecule has 1 aromatic rings. The van der Waals surface area contributed by atoms with Crippen LogP contribution in [0.25, 0.3) is 0 Å². The van der Waals surface area contributed by atoms with Crippen molar-refractivity contribution in [2.45, 2.75) is 63.8 Å².